The van der Waals surface area contributed by atoms with E-state index in [9.17, 15) is 14.4 Å². The van der Waals surface area contributed by atoms with Gasteiger partial charge in [0.1, 0.15) is 18.3 Å². The second-order valence-electron chi connectivity index (χ2n) is 4.96. The molecule has 0 heterocycles. The lowest BCUT2D eigenvalue weighted by Gasteiger charge is -2.32. The van der Waals surface area contributed by atoms with Gasteiger partial charge in [0.05, 0.1) is 0 Å². The Balaban J connectivity index is 5.31. The van der Waals surface area contributed by atoms with Gasteiger partial charge in [-0.2, -0.15) is 0 Å². The number of hydrogen-bond acceptors (Lipinski definition) is 6. The van der Waals surface area contributed by atoms with Gasteiger partial charge in [-0.05, 0) is 39.0 Å². The molecule has 23 heavy (non-hydrogen) atoms. The molecular weight excluding hydrogens is 316 g/mol. The Labute approximate surface area is 138 Å². The molecule has 0 aromatic carbocycles. The van der Waals surface area contributed by atoms with Crippen LogP contribution in [0.3, 0.4) is 0 Å². The normalized spacial score (nSPS) is 17.2. The van der Waals surface area contributed by atoms with E-state index in [-0.39, 0.29) is 17.3 Å². The van der Waals surface area contributed by atoms with E-state index < -0.39 is 27.1 Å². The first kappa shape index (κ1) is 21.3. The average Bonchev–Trinajstić information content (AvgIpc) is 2.51. The number of rotatable bonds is 12. The Kier molecular flexibility index (Phi) is 8.77. The molecule has 0 aliphatic heterocycles. The van der Waals surface area contributed by atoms with Crippen LogP contribution in [0.15, 0.2) is 38.0 Å². The van der Waals surface area contributed by atoms with Gasteiger partial charge in [0.25, 0.3) is 0 Å². The molecule has 0 fully saturated rings. The van der Waals surface area contributed by atoms with Crippen molar-refractivity contribution in [1.82, 2.24) is 0 Å². The molecule has 0 aromatic heterocycles. The third kappa shape index (κ3) is 6.96. The minimum atomic E-state index is -3.48. The smallest absolute Gasteiger partial charge is 0.363 e. The van der Waals surface area contributed by atoms with Crippen LogP contribution in [0.1, 0.15) is 20.8 Å². The van der Waals surface area contributed by atoms with E-state index in [1.54, 1.807) is 0 Å². The van der Waals surface area contributed by atoms with Crippen LogP contribution in [-0.2, 0) is 27.7 Å². The van der Waals surface area contributed by atoms with Crippen LogP contribution in [0, 0.1) is 0 Å². The quantitative estimate of drug-likeness (QED) is 0.399. The first-order valence-corrected chi connectivity index (χ1v) is 9.35. The van der Waals surface area contributed by atoms with Gasteiger partial charge >= 0.3 is 8.80 Å². The molecular formula is C16H24O6Si. The van der Waals surface area contributed by atoms with E-state index in [0.29, 0.717) is 0 Å². The lowest BCUT2D eigenvalue weighted by molar-refractivity contribution is -0.129. The van der Waals surface area contributed by atoms with Gasteiger partial charge in [0.15, 0.2) is 17.3 Å². The molecule has 0 spiro atoms. The first-order chi connectivity index (χ1) is 10.6. The predicted molar refractivity (Wildman–Crippen MR) is 88.9 cm³/mol. The molecule has 3 unspecified atom stereocenters. The first-order valence-electron chi connectivity index (χ1n) is 7.12. The Bertz CT molecular complexity index is 429. The number of carbonyl (C=O) groups excluding carboxylic acids is 3. The van der Waals surface area contributed by atoms with Crippen molar-refractivity contribution in [3.63, 3.8) is 0 Å². The molecule has 0 bridgehead atoms. The van der Waals surface area contributed by atoms with Crippen LogP contribution in [0.5, 0.6) is 0 Å². The summed E-state index contributed by atoms with van der Waals surface area (Å²) in [6, 6.07) is 0. The van der Waals surface area contributed by atoms with E-state index in [4.69, 9.17) is 13.3 Å². The molecule has 0 aliphatic rings. The SMILES string of the molecule is C=CC(=O)C(C)O[Si](C)(OC(C)C(=O)C=C)OC(C)C(=O)C=C. The molecule has 0 N–H and O–H groups in total. The molecule has 0 saturated carbocycles. The topological polar surface area (TPSA) is 78.9 Å². The Morgan fingerprint density at radius 1 is 0.739 bits per heavy atom. The Morgan fingerprint density at radius 3 is 1.13 bits per heavy atom. The third-order valence-corrected chi connectivity index (χ3v) is 5.32. The van der Waals surface area contributed by atoms with Crippen LogP contribution >= 0.6 is 0 Å². The van der Waals surface area contributed by atoms with Crippen LogP contribution in [0.25, 0.3) is 0 Å². The van der Waals surface area contributed by atoms with Crippen LogP contribution in [0.4, 0.5) is 0 Å². The maximum absolute atomic E-state index is 11.6. The van der Waals surface area contributed by atoms with Crippen LogP contribution in [-0.4, -0.2) is 44.5 Å². The van der Waals surface area contributed by atoms with Gasteiger partial charge in [0, 0.05) is 6.55 Å². The summed E-state index contributed by atoms with van der Waals surface area (Å²) in [6.45, 7) is 16.2. The zero-order valence-corrected chi connectivity index (χ0v) is 15.0. The molecule has 0 aromatic rings. The molecule has 128 valence electrons. The van der Waals surface area contributed by atoms with E-state index in [0.717, 1.165) is 18.2 Å². The molecule has 7 heteroatoms. The van der Waals surface area contributed by atoms with Crippen molar-refractivity contribution in [3.8, 4) is 0 Å². The minimum absolute atomic E-state index is 0.360. The summed E-state index contributed by atoms with van der Waals surface area (Å²) >= 11 is 0. The fourth-order valence-electron chi connectivity index (χ4n) is 1.72. The lowest BCUT2D eigenvalue weighted by Crippen LogP contribution is -2.52. The summed E-state index contributed by atoms with van der Waals surface area (Å²) < 4.78 is 16.9. The van der Waals surface area contributed by atoms with E-state index in [1.807, 2.05) is 0 Å². The summed E-state index contributed by atoms with van der Waals surface area (Å²) in [5.74, 6) is -1.08. The summed E-state index contributed by atoms with van der Waals surface area (Å²) in [5.41, 5.74) is 0. The molecule has 0 radical (unpaired) electrons. The van der Waals surface area contributed by atoms with Crippen LogP contribution < -0.4 is 0 Å². The Hall–Kier alpha value is -1.67. The van der Waals surface area contributed by atoms with Gasteiger partial charge in [-0.3, -0.25) is 14.4 Å². The maximum atomic E-state index is 11.6. The second kappa shape index (κ2) is 9.46. The van der Waals surface area contributed by atoms with Crippen molar-refractivity contribution in [3.05, 3.63) is 38.0 Å². The molecule has 0 rings (SSSR count). The average molecular weight is 340 g/mol. The van der Waals surface area contributed by atoms with Crippen molar-refractivity contribution in [2.24, 2.45) is 0 Å². The van der Waals surface area contributed by atoms with Gasteiger partial charge < -0.3 is 13.3 Å². The number of carbonyl (C=O) groups is 3. The summed E-state index contributed by atoms with van der Waals surface area (Å²) in [4.78, 5) is 34.9. The van der Waals surface area contributed by atoms with E-state index in [2.05, 4.69) is 19.7 Å². The lowest BCUT2D eigenvalue weighted by atomic mass is 10.3. The highest BCUT2D eigenvalue weighted by Gasteiger charge is 2.43. The standard InChI is InChI=1S/C16H24O6Si/c1-8-14(17)11(4)20-23(7,21-12(5)15(18)9-2)22-13(6)16(19)10-3/h8-13H,1-3H2,4-7H3. The number of hydrogen-bond donors (Lipinski definition) is 0. The molecule has 3 atom stereocenters. The zero-order chi connectivity index (χ0) is 18.2. The van der Waals surface area contributed by atoms with E-state index >= 15 is 0 Å². The van der Waals surface area contributed by atoms with Crippen molar-refractivity contribution >= 4 is 26.2 Å². The largest absolute Gasteiger partial charge is 0.499 e. The van der Waals surface area contributed by atoms with Gasteiger partial charge in [-0.25, -0.2) is 0 Å². The fourth-order valence-corrected chi connectivity index (χ4v) is 4.16. The minimum Gasteiger partial charge on any atom is -0.363 e. The fraction of sp³-hybridized carbons (Fsp3) is 0.438. The van der Waals surface area contributed by atoms with Crippen molar-refractivity contribution in [1.29, 1.82) is 0 Å². The van der Waals surface area contributed by atoms with E-state index in [1.165, 1.54) is 27.3 Å². The third-order valence-electron chi connectivity index (χ3n) is 2.98. The zero-order valence-electron chi connectivity index (χ0n) is 14.0. The highest BCUT2D eigenvalue weighted by Crippen LogP contribution is 2.19. The molecule has 6 nitrogen and oxygen atoms in total. The molecule has 0 amide bonds. The van der Waals surface area contributed by atoms with Gasteiger partial charge in [-0.15, -0.1) is 0 Å². The van der Waals surface area contributed by atoms with Crippen molar-refractivity contribution in [2.75, 3.05) is 0 Å². The molecule has 0 aliphatic carbocycles. The van der Waals surface area contributed by atoms with Gasteiger partial charge in [0.2, 0.25) is 0 Å². The summed E-state index contributed by atoms with van der Waals surface area (Å²) in [7, 11) is -3.48. The van der Waals surface area contributed by atoms with Crippen molar-refractivity contribution < 1.29 is 27.7 Å². The summed E-state index contributed by atoms with van der Waals surface area (Å²) in [6.07, 6.45) is 0.742. The van der Waals surface area contributed by atoms with Crippen LogP contribution in [0.2, 0.25) is 6.55 Å². The van der Waals surface area contributed by atoms with Crippen molar-refractivity contribution in [2.45, 2.75) is 45.6 Å². The molecule has 0 saturated heterocycles. The monoisotopic (exact) mass is 340 g/mol. The maximum Gasteiger partial charge on any atom is 0.499 e. The predicted octanol–water partition coefficient (Wildman–Crippen LogP) is 2.04. The second-order valence-corrected chi connectivity index (χ2v) is 7.39. The summed E-state index contributed by atoms with van der Waals surface area (Å²) in [5, 5.41) is 0. The highest BCUT2D eigenvalue weighted by atomic mass is 28.4. The van der Waals surface area contributed by atoms with Gasteiger partial charge in [-0.1, -0.05) is 19.7 Å². The Morgan fingerprint density at radius 2 is 0.957 bits per heavy atom. The number of ketones is 3. The highest BCUT2D eigenvalue weighted by molar-refractivity contribution is 6.60.